The van der Waals surface area contributed by atoms with E-state index in [0.29, 0.717) is 24.4 Å². The average Bonchev–Trinajstić information content (AvgIpc) is 2.81. The van der Waals surface area contributed by atoms with Crippen LogP contribution in [0, 0.1) is 24.7 Å². The fraction of sp³-hybridized carbons (Fsp3) is 0.733. The van der Waals surface area contributed by atoms with Crippen molar-refractivity contribution in [1.82, 2.24) is 10.3 Å². The number of hydrogen-bond donors (Lipinski definition) is 2. The van der Waals surface area contributed by atoms with E-state index < -0.39 is 0 Å². The highest BCUT2D eigenvalue weighted by atomic mass is 35.5. The number of fused-ring (bicyclic) bond motifs is 2. The van der Waals surface area contributed by atoms with Crippen LogP contribution >= 0.6 is 12.4 Å². The minimum atomic E-state index is 0. The number of rotatable bonds is 3. The lowest BCUT2D eigenvalue weighted by Gasteiger charge is -2.43. The van der Waals surface area contributed by atoms with Crippen molar-refractivity contribution in [3.05, 3.63) is 17.8 Å². The Labute approximate surface area is 131 Å². The number of aromatic nitrogens is 1. The molecule has 21 heavy (non-hydrogen) atoms. The Hall–Kier alpha value is -1.07. The van der Waals surface area contributed by atoms with E-state index in [2.05, 4.69) is 10.3 Å². The van der Waals surface area contributed by atoms with E-state index in [1.807, 2.05) is 6.92 Å². The van der Waals surface area contributed by atoms with Crippen LogP contribution in [-0.2, 0) is 11.3 Å². The van der Waals surface area contributed by atoms with Gasteiger partial charge in [0, 0.05) is 12.0 Å². The summed E-state index contributed by atoms with van der Waals surface area (Å²) in [5.74, 6) is 2.11. The molecule has 0 spiro atoms. The maximum absolute atomic E-state index is 12.3. The fourth-order valence-electron chi connectivity index (χ4n) is 3.82. The van der Waals surface area contributed by atoms with Crippen molar-refractivity contribution in [2.24, 2.45) is 23.5 Å². The number of carbonyl (C=O) groups is 1. The molecule has 0 aromatic carbocycles. The molecular weight excluding hydrogens is 290 g/mol. The SMILES string of the molecule is Cc1ocnc1CNC(=O)C1CC2CCCC(C1)C2N.Cl. The van der Waals surface area contributed by atoms with Crippen LogP contribution in [0.2, 0.25) is 0 Å². The van der Waals surface area contributed by atoms with Crippen molar-refractivity contribution in [2.45, 2.75) is 51.6 Å². The van der Waals surface area contributed by atoms with Gasteiger partial charge in [-0.1, -0.05) is 6.42 Å². The van der Waals surface area contributed by atoms with Gasteiger partial charge in [0.15, 0.2) is 6.39 Å². The van der Waals surface area contributed by atoms with Gasteiger partial charge < -0.3 is 15.5 Å². The zero-order chi connectivity index (χ0) is 14.1. The van der Waals surface area contributed by atoms with E-state index in [-0.39, 0.29) is 24.2 Å². The van der Waals surface area contributed by atoms with Gasteiger partial charge >= 0.3 is 0 Å². The minimum absolute atomic E-state index is 0. The second-order valence-electron chi connectivity index (χ2n) is 6.27. The Balaban J connectivity index is 0.00000161. The Kier molecular flexibility index (Phi) is 5.27. The molecule has 6 heteroatoms. The molecule has 1 aromatic heterocycles. The highest BCUT2D eigenvalue weighted by Crippen LogP contribution is 2.41. The molecule has 1 aromatic rings. The number of nitrogens with two attached hydrogens (primary N) is 1. The van der Waals surface area contributed by atoms with Crippen LogP contribution in [0.15, 0.2) is 10.8 Å². The molecule has 2 aliphatic rings. The predicted molar refractivity (Wildman–Crippen MR) is 81.9 cm³/mol. The van der Waals surface area contributed by atoms with Crippen LogP contribution in [0.4, 0.5) is 0 Å². The van der Waals surface area contributed by atoms with Gasteiger partial charge in [-0.05, 0) is 44.4 Å². The van der Waals surface area contributed by atoms with Gasteiger partial charge in [-0.15, -0.1) is 12.4 Å². The van der Waals surface area contributed by atoms with Gasteiger partial charge in [0.1, 0.15) is 11.5 Å². The highest BCUT2D eigenvalue weighted by molar-refractivity contribution is 5.85. The lowest BCUT2D eigenvalue weighted by Crippen LogP contribution is -2.49. The van der Waals surface area contributed by atoms with Gasteiger partial charge in [-0.25, -0.2) is 4.98 Å². The largest absolute Gasteiger partial charge is 0.448 e. The predicted octanol–water partition coefficient (Wildman–Crippen LogP) is 2.17. The van der Waals surface area contributed by atoms with E-state index in [0.717, 1.165) is 24.3 Å². The summed E-state index contributed by atoms with van der Waals surface area (Å²) in [5, 5.41) is 3.00. The number of nitrogens with one attached hydrogen (secondary N) is 1. The monoisotopic (exact) mass is 313 g/mol. The van der Waals surface area contributed by atoms with Crippen LogP contribution in [0.1, 0.15) is 43.6 Å². The number of amides is 1. The number of nitrogens with zero attached hydrogens (tertiary/aromatic N) is 1. The summed E-state index contributed by atoms with van der Waals surface area (Å²) in [5.41, 5.74) is 7.07. The van der Waals surface area contributed by atoms with E-state index in [1.165, 1.54) is 25.7 Å². The van der Waals surface area contributed by atoms with Crippen LogP contribution in [-0.4, -0.2) is 16.9 Å². The van der Waals surface area contributed by atoms with Crippen molar-refractivity contribution >= 4 is 18.3 Å². The standard InChI is InChI=1S/C15H23N3O2.ClH/c1-9-13(18-8-20-9)7-17-15(19)12-5-10-3-2-4-11(6-12)14(10)16;/h8,10-12,14H,2-7,16H2,1H3,(H,17,19);1H. The first kappa shape index (κ1) is 16.3. The third kappa shape index (κ3) is 3.40. The van der Waals surface area contributed by atoms with E-state index in [1.54, 1.807) is 0 Å². The van der Waals surface area contributed by atoms with Crippen molar-refractivity contribution < 1.29 is 9.21 Å². The first-order chi connectivity index (χ1) is 9.65. The van der Waals surface area contributed by atoms with Crippen LogP contribution < -0.4 is 11.1 Å². The molecule has 2 saturated carbocycles. The summed E-state index contributed by atoms with van der Waals surface area (Å²) >= 11 is 0. The Bertz CT molecular complexity index is 477. The Morgan fingerprint density at radius 3 is 2.67 bits per heavy atom. The third-order valence-corrected chi connectivity index (χ3v) is 5.06. The zero-order valence-corrected chi connectivity index (χ0v) is 13.2. The van der Waals surface area contributed by atoms with Gasteiger partial charge in [0.2, 0.25) is 5.91 Å². The number of carbonyl (C=O) groups excluding carboxylic acids is 1. The first-order valence-electron chi connectivity index (χ1n) is 7.57. The lowest BCUT2D eigenvalue weighted by atomic mass is 9.65. The van der Waals surface area contributed by atoms with Gasteiger partial charge in [-0.3, -0.25) is 4.79 Å². The van der Waals surface area contributed by atoms with Gasteiger partial charge in [0.05, 0.1) is 6.54 Å². The summed E-state index contributed by atoms with van der Waals surface area (Å²) in [7, 11) is 0. The molecule has 3 N–H and O–H groups in total. The second kappa shape index (κ2) is 6.79. The van der Waals surface area contributed by atoms with Crippen molar-refractivity contribution in [2.75, 3.05) is 0 Å². The smallest absolute Gasteiger partial charge is 0.223 e. The van der Waals surface area contributed by atoms with Crippen molar-refractivity contribution in [3.8, 4) is 0 Å². The summed E-state index contributed by atoms with van der Waals surface area (Å²) in [6.07, 6.45) is 6.95. The normalized spacial score (nSPS) is 31.3. The topological polar surface area (TPSA) is 81.2 Å². The molecule has 5 nitrogen and oxygen atoms in total. The summed E-state index contributed by atoms with van der Waals surface area (Å²) < 4.78 is 5.14. The third-order valence-electron chi connectivity index (χ3n) is 5.06. The quantitative estimate of drug-likeness (QED) is 0.896. The summed E-state index contributed by atoms with van der Waals surface area (Å²) in [6.45, 7) is 2.32. The Morgan fingerprint density at radius 1 is 1.43 bits per heavy atom. The molecule has 0 saturated heterocycles. The van der Waals surface area contributed by atoms with E-state index in [4.69, 9.17) is 10.2 Å². The zero-order valence-electron chi connectivity index (χ0n) is 12.4. The van der Waals surface area contributed by atoms with Crippen LogP contribution in [0.3, 0.4) is 0 Å². The number of aryl methyl sites for hydroxylation is 1. The lowest BCUT2D eigenvalue weighted by molar-refractivity contribution is -0.128. The second-order valence-corrected chi connectivity index (χ2v) is 6.27. The highest BCUT2D eigenvalue weighted by Gasteiger charge is 2.40. The van der Waals surface area contributed by atoms with Gasteiger partial charge in [-0.2, -0.15) is 0 Å². The Morgan fingerprint density at radius 2 is 2.10 bits per heavy atom. The maximum atomic E-state index is 12.3. The van der Waals surface area contributed by atoms with Crippen LogP contribution in [0.25, 0.3) is 0 Å². The fourth-order valence-corrected chi connectivity index (χ4v) is 3.82. The molecule has 1 heterocycles. The maximum Gasteiger partial charge on any atom is 0.223 e. The number of halogens is 1. The number of hydrogen-bond acceptors (Lipinski definition) is 4. The molecule has 118 valence electrons. The molecule has 2 unspecified atom stereocenters. The summed E-state index contributed by atoms with van der Waals surface area (Å²) in [6, 6.07) is 0.311. The average molecular weight is 314 g/mol. The number of oxazole rings is 1. The van der Waals surface area contributed by atoms with E-state index in [9.17, 15) is 4.79 Å². The summed E-state index contributed by atoms with van der Waals surface area (Å²) in [4.78, 5) is 16.4. The van der Waals surface area contributed by atoms with Crippen LogP contribution in [0.5, 0.6) is 0 Å². The molecule has 2 atom stereocenters. The molecule has 3 rings (SSSR count). The molecular formula is C15H24ClN3O2. The van der Waals surface area contributed by atoms with E-state index >= 15 is 0 Å². The minimum Gasteiger partial charge on any atom is -0.448 e. The molecule has 2 aliphatic carbocycles. The molecule has 2 bridgehead atoms. The molecule has 0 aliphatic heterocycles. The first-order valence-corrected chi connectivity index (χ1v) is 7.57. The van der Waals surface area contributed by atoms with Crippen molar-refractivity contribution in [3.63, 3.8) is 0 Å². The van der Waals surface area contributed by atoms with Crippen molar-refractivity contribution in [1.29, 1.82) is 0 Å². The molecule has 0 radical (unpaired) electrons. The molecule has 2 fully saturated rings. The van der Waals surface area contributed by atoms with Gasteiger partial charge in [0.25, 0.3) is 0 Å². The molecule has 1 amide bonds.